The number of allylic oxidation sites excluding steroid dienone is 5. The Hall–Kier alpha value is -3.02. The molecule has 106 valence electrons. The molecule has 2 N–H and O–H groups in total. The van der Waals surface area contributed by atoms with Crippen LogP contribution >= 0.6 is 0 Å². The molecule has 0 fully saturated rings. The summed E-state index contributed by atoms with van der Waals surface area (Å²) in [6, 6.07) is 7.40. The summed E-state index contributed by atoms with van der Waals surface area (Å²) >= 11 is 0. The van der Waals surface area contributed by atoms with Gasteiger partial charge in [0, 0.05) is 17.8 Å². The number of anilines is 2. The van der Waals surface area contributed by atoms with E-state index in [-0.39, 0.29) is 18.0 Å². The highest BCUT2D eigenvalue weighted by molar-refractivity contribution is 6.03. The molecule has 6 nitrogen and oxygen atoms in total. The maximum Gasteiger partial charge on any atom is 0.230 e. The molecule has 0 radical (unpaired) electrons. The fourth-order valence-corrected chi connectivity index (χ4v) is 2.22. The summed E-state index contributed by atoms with van der Waals surface area (Å²) in [5.41, 5.74) is 3.02. The zero-order chi connectivity index (χ0) is 14.8. The minimum absolute atomic E-state index is 0.0258. The predicted molar refractivity (Wildman–Crippen MR) is 80.6 cm³/mol. The molecular formula is C15H12N3O3-. The maximum absolute atomic E-state index is 11.9. The van der Waals surface area contributed by atoms with Gasteiger partial charge in [-0.3, -0.25) is 4.79 Å². The van der Waals surface area contributed by atoms with E-state index in [1.165, 1.54) is 12.2 Å². The van der Waals surface area contributed by atoms with Gasteiger partial charge in [0.25, 0.3) is 0 Å². The molecule has 0 spiro atoms. The zero-order valence-corrected chi connectivity index (χ0v) is 11.0. The number of benzene rings is 1. The summed E-state index contributed by atoms with van der Waals surface area (Å²) in [6.07, 6.45) is 6.33. The lowest BCUT2D eigenvalue weighted by Crippen LogP contribution is -2.12. The molecule has 0 bridgehead atoms. The van der Waals surface area contributed by atoms with Gasteiger partial charge in [-0.05, 0) is 29.9 Å². The number of carbonyl (C=O) groups excluding carboxylic acids is 1. The van der Waals surface area contributed by atoms with Crippen LogP contribution in [-0.4, -0.2) is 16.5 Å². The number of nitrogens with one attached hydrogen (secondary N) is 2. The smallest absolute Gasteiger partial charge is 0.230 e. The highest BCUT2D eigenvalue weighted by Gasteiger charge is 2.18. The van der Waals surface area contributed by atoms with Crippen molar-refractivity contribution in [3.05, 3.63) is 70.3 Å². The van der Waals surface area contributed by atoms with Crippen LogP contribution in [0.3, 0.4) is 0 Å². The van der Waals surface area contributed by atoms with E-state index in [0.717, 1.165) is 16.9 Å². The summed E-state index contributed by atoms with van der Waals surface area (Å²) in [4.78, 5) is 11.5. The zero-order valence-electron chi connectivity index (χ0n) is 11.0. The third kappa shape index (κ3) is 2.64. The van der Waals surface area contributed by atoms with Crippen molar-refractivity contribution in [2.75, 3.05) is 10.6 Å². The minimum atomic E-state index is -0.447. The van der Waals surface area contributed by atoms with Gasteiger partial charge in [-0.1, -0.05) is 12.1 Å². The van der Waals surface area contributed by atoms with Crippen LogP contribution < -0.4 is 10.6 Å². The first-order chi connectivity index (χ1) is 10.1. The topological polar surface area (TPSA) is 90.3 Å². The fraction of sp³-hybridized carbons (Fsp3) is 0.0667. The molecule has 0 saturated heterocycles. The number of fused-ring (bicyclic) bond motifs is 1. The molecule has 1 amide bonds. The number of hydrogen-bond acceptors (Lipinski definition) is 4. The number of amides is 1. The van der Waals surface area contributed by atoms with E-state index < -0.39 is 4.90 Å². The Morgan fingerprint density at radius 3 is 2.19 bits per heavy atom. The van der Waals surface area contributed by atoms with Gasteiger partial charge < -0.3 is 21.0 Å². The summed E-state index contributed by atoms with van der Waals surface area (Å²) in [6.45, 7) is 0. The predicted octanol–water partition coefficient (Wildman–Crippen LogP) is 2.27. The fourth-order valence-electron chi connectivity index (χ4n) is 2.22. The van der Waals surface area contributed by atoms with Gasteiger partial charge in [0.15, 0.2) is 0 Å². The highest BCUT2D eigenvalue weighted by atomic mass is 16.8. The molecule has 6 heteroatoms. The van der Waals surface area contributed by atoms with Gasteiger partial charge in [0.05, 0.1) is 17.8 Å². The van der Waals surface area contributed by atoms with Gasteiger partial charge in [0.2, 0.25) is 11.6 Å². The number of nitrogens with zero attached hydrogens (tertiary/aromatic N) is 1. The van der Waals surface area contributed by atoms with Gasteiger partial charge >= 0.3 is 0 Å². The number of rotatable bonds is 0. The summed E-state index contributed by atoms with van der Waals surface area (Å²) in [5.74, 6) is -0.124. The number of hydrogen-bond donors (Lipinski definition) is 2. The molecule has 0 saturated carbocycles. The molecule has 0 unspecified atom stereocenters. The van der Waals surface area contributed by atoms with E-state index in [9.17, 15) is 15.2 Å². The van der Waals surface area contributed by atoms with Gasteiger partial charge in [-0.25, -0.2) is 0 Å². The van der Waals surface area contributed by atoms with Crippen molar-refractivity contribution in [3.63, 3.8) is 0 Å². The lowest BCUT2D eigenvalue weighted by atomic mass is 10.0. The molecule has 1 aliphatic heterocycles. The van der Waals surface area contributed by atoms with Crippen LogP contribution in [0.2, 0.25) is 0 Å². The first-order valence-electron chi connectivity index (χ1n) is 6.40. The standard InChI is InChI=1S/C15H12N3O3/c19-15-9-14(10-5-7-11(8-6-10)18(20)21)16-12-3-1-2-4-13(12)17-15/h1-8,16H,9H2,(H-,17,19,20,21)/q-1. The van der Waals surface area contributed by atoms with Crippen LogP contribution in [0.15, 0.2) is 59.8 Å². The van der Waals surface area contributed by atoms with Crippen LogP contribution in [0.5, 0.6) is 0 Å². The van der Waals surface area contributed by atoms with Crippen LogP contribution in [0.4, 0.5) is 11.4 Å². The summed E-state index contributed by atoms with van der Waals surface area (Å²) < 4.78 is 0. The molecule has 21 heavy (non-hydrogen) atoms. The molecule has 1 heterocycles. The third-order valence-electron chi connectivity index (χ3n) is 3.25. The van der Waals surface area contributed by atoms with E-state index in [2.05, 4.69) is 10.6 Å². The first-order valence-corrected chi connectivity index (χ1v) is 6.40. The van der Waals surface area contributed by atoms with Crippen LogP contribution in [0.25, 0.3) is 0 Å². The van der Waals surface area contributed by atoms with Crippen LogP contribution in [-0.2, 0) is 4.79 Å². The maximum atomic E-state index is 11.9. The lowest BCUT2D eigenvalue weighted by molar-refractivity contribution is -0.377. The third-order valence-corrected chi connectivity index (χ3v) is 3.25. The lowest BCUT2D eigenvalue weighted by Gasteiger charge is -2.13. The van der Waals surface area contributed by atoms with Gasteiger partial charge in [-0.15, -0.1) is 0 Å². The second-order valence-electron chi connectivity index (χ2n) is 4.68. The molecule has 2 aliphatic rings. The average Bonchev–Trinajstić information content (AvgIpc) is 2.65. The number of carbonyl (C=O) groups is 1. The quantitative estimate of drug-likeness (QED) is 0.564. The molecule has 1 aromatic carbocycles. The minimum Gasteiger partial charge on any atom is -0.612 e. The van der Waals surface area contributed by atoms with Crippen molar-refractivity contribution in [2.24, 2.45) is 0 Å². The second kappa shape index (κ2) is 5.16. The van der Waals surface area contributed by atoms with Crippen molar-refractivity contribution >= 4 is 23.0 Å². The second-order valence-corrected chi connectivity index (χ2v) is 4.68. The summed E-state index contributed by atoms with van der Waals surface area (Å²) in [7, 11) is 0. The largest absolute Gasteiger partial charge is 0.612 e. The monoisotopic (exact) mass is 282 g/mol. The molecule has 1 aliphatic carbocycles. The molecular weight excluding hydrogens is 270 g/mol. The Morgan fingerprint density at radius 2 is 1.57 bits per heavy atom. The van der Waals surface area contributed by atoms with E-state index in [1.807, 2.05) is 24.3 Å². The Morgan fingerprint density at radius 1 is 0.952 bits per heavy atom. The van der Waals surface area contributed by atoms with Gasteiger partial charge in [0.1, 0.15) is 0 Å². The Labute approximate surface area is 120 Å². The van der Waals surface area contributed by atoms with Crippen molar-refractivity contribution < 1.29 is 9.70 Å². The Bertz CT molecular complexity index is 707. The molecule has 3 rings (SSSR count). The number of para-hydroxylation sites is 2. The van der Waals surface area contributed by atoms with Crippen molar-refractivity contribution in [2.45, 2.75) is 6.42 Å². The highest BCUT2D eigenvalue weighted by Crippen LogP contribution is 2.28. The van der Waals surface area contributed by atoms with Gasteiger partial charge in [-0.2, -0.15) is 4.90 Å². The van der Waals surface area contributed by atoms with Crippen LogP contribution in [0, 0.1) is 10.4 Å². The van der Waals surface area contributed by atoms with E-state index >= 15 is 0 Å². The van der Waals surface area contributed by atoms with Crippen LogP contribution in [0.1, 0.15) is 6.42 Å². The Kier molecular flexibility index (Phi) is 3.19. The Balaban J connectivity index is 1.99. The molecule has 1 aromatic rings. The normalized spacial score (nSPS) is 17.0. The SMILES string of the molecule is O=C1CC(=C2C=CC(=[N+]([O-])[O-])C=C2)Nc2ccccc2N1. The van der Waals surface area contributed by atoms with Crippen molar-refractivity contribution in [1.82, 2.24) is 0 Å². The van der Waals surface area contributed by atoms with Crippen molar-refractivity contribution in [3.8, 4) is 0 Å². The van der Waals surface area contributed by atoms with E-state index in [4.69, 9.17) is 0 Å². The average molecular weight is 282 g/mol. The first kappa shape index (κ1) is 13.0. The summed E-state index contributed by atoms with van der Waals surface area (Å²) in [5, 5.41) is 27.4. The van der Waals surface area contributed by atoms with Crippen molar-refractivity contribution in [1.29, 1.82) is 0 Å². The molecule has 0 aromatic heterocycles. The van der Waals surface area contributed by atoms with E-state index in [0.29, 0.717) is 5.70 Å². The van der Waals surface area contributed by atoms with E-state index in [1.54, 1.807) is 12.2 Å². The molecule has 0 atom stereocenters.